The van der Waals surface area contributed by atoms with Crippen molar-refractivity contribution in [2.45, 2.75) is 59.1 Å². The second-order valence-electron chi connectivity index (χ2n) is 6.69. The van der Waals surface area contributed by atoms with Gasteiger partial charge in [0.05, 0.1) is 11.9 Å². The molecule has 0 aromatic carbocycles. The molecule has 1 saturated carbocycles. The first-order valence-corrected chi connectivity index (χ1v) is 7.85. The molecule has 1 aliphatic rings. The Morgan fingerprint density at radius 1 is 1.25 bits per heavy atom. The van der Waals surface area contributed by atoms with Crippen molar-refractivity contribution in [2.75, 3.05) is 0 Å². The van der Waals surface area contributed by atoms with E-state index in [1.54, 1.807) is 0 Å². The molecule has 4 unspecified atom stereocenters. The number of pyridine rings is 1. The van der Waals surface area contributed by atoms with Gasteiger partial charge in [0.2, 0.25) is 0 Å². The van der Waals surface area contributed by atoms with Gasteiger partial charge in [-0.3, -0.25) is 4.98 Å². The van der Waals surface area contributed by atoms with Gasteiger partial charge < -0.3 is 10.5 Å². The summed E-state index contributed by atoms with van der Waals surface area (Å²) < 4.78 is 6.23. The first-order chi connectivity index (χ1) is 9.47. The second-order valence-corrected chi connectivity index (χ2v) is 6.69. The Bertz CT molecular complexity index is 414. The van der Waals surface area contributed by atoms with E-state index in [1.165, 1.54) is 12.8 Å². The molecule has 2 rings (SSSR count). The standard InChI is InChI=1S/C17H28N2O/c1-11(2)15-7-5-12(3)9-17(15)20-14-6-8-16(13(4)18)19-10-14/h6,8,10-13,15,17H,5,7,9,18H2,1-4H3. The summed E-state index contributed by atoms with van der Waals surface area (Å²) >= 11 is 0. The predicted octanol–water partition coefficient (Wildman–Crippen LogP) is 3.94. The number of nitrogens with zero attached hydrogens (tertiary/aromatic N) is 1. The van der Waals surface area contributed by atoms with Gasteiger partial charge in [0.1, 0.15) is 11.9 Å². The predicted molar refractivity (Wildman–Crippen MR) is 82.6 cm³/mol. The molecule has 20 heavy (non-hydrogen) atoms. The van der Waals surface area contributed by atoms with E-state index < -0.39 is 0 Å². The highest BCUT2D eigenvalue weighted by Crippen LogP contribution is 2.35. The van der Waals surface area contributed by atoms with E-state index in [2.05, 4.69) is 25.8 Å². The van der Waals surface area contributed by atoms with Gasteiger partial charge in [-0.15, -0.1) is 0 Å². The number of hydrogen-bond donors (Lipinski definition) is 1. The van der Waals surface area contributed by atoms with Crippen LogP contribution in [0.1, 0.15) is 58.7 Å². The van der Waals surface area contributed by atoms with Gasteiger partial charge in [-0.1, -0.05) is 27.2 Å². The average molecular weight is 276 g/mol. The number of hydrogen-bond acceptors (Lipinski definition) is 3. The number of nitrogens with two attached hydrogens (primary N) is 1. The van der Waals surface area contributed by atoms with Crippen LogP contribution in [0, 0.1) is 17.8 Å². The van der Waals surface area contributed by atoms with E-state index in [0.29, 0.717) is 17.9 Å². The second kappa shape index (κ2) is 6.57. The minimum atomic E-state index is -0.0258. The van der Waals surface area contributed by atoms with Crippen LogP contribution in [0.15, 0.2) is 18.3 Å². The summed E-state index contributed by atoms with van der Waals surface area (Å²) in [5.74, 6) is 2.95. The Balaban J connectivity index is 2.05. The monoisotopic (exact) mass is 276 g/mol. The Morgan fingerprint density at radius 2 is 2.00 bits per heavy atom. The van der Waals surface area contributed by atoms with E-state index in [0.717, 1.165) is 23.8 Å². The Hall–Kier alpha value is -1.09. The molecule has 0 saturated heterocycles. The molecule has 0 bridgehead atoms. The van der Waals surface area contributed by atoms with E-state index in [-0.39, 0.29) is 6.04 Å². The summed E-state index contributed by atoms with van der Waals surface area (Å²) in [7, 11) is 0. The SMILES string of the molecule is CC1CCC(C(C)C)C(Oc2ccc(C(C)N)nc2)C1. The molecular weight excluding hydrogens is 248 g/mol. The lowest BCUT2D eigenvalue weighted by Crippen LogP contribution is -2.36. The van der Waals surface area contributed by atoms with Gasteiger partial charge in [-0.05, 0) is 49.7 Å². The quantitative estimate of drug-likeness (QED) is 0.906. The van der Waals surface area contributed by atoms with Crippen LogP contribution in [0.5, 0.6) is 5.75 Å². The highest BCUT2D eigenvalue weighted by molar-refractivity contribution is 5.21. The van der Waals surface area contributed by atoms with Crippen LogP contribution >= 0.6 is 0 Å². The van der Waals surface area contributed by atoms with E-state index in [1.807, 2.05) is 25.3 Å². The molecule has 1 fully saturated rings. The number of aromatic nitrogens is 1. The molecule has 1 aliphatic carbocycles. The molecular formula is C17H28N2O. The Kier molecular flexibility index (Phi) is 5.03. The summed E-state index contributed by atoms with van der Waals surface area (Å²) in [6.45, 7) is 8.87. The molecule has 0 amide bonds. The fourth-order valence-electron chi connectivity index (χ4n) is 3.16. The van der Waals surface area contributed by atoms with Crippen LogP contribution in [0.3, 0.4) is 0 Å². The van der Waals surface area contributed by atoms with Crippen molar-refractivity contribution in [1.29, 1.82) is 0 Å². The minimum Gasteiger partial charge on any atom is -0.489 e. The average Bonchev–Trinajstić information content (AvgIpc) is 2.39. The molecule has 3 heteroatoms. The van der Waals surface area contributed by atoms with Gasteiger partial charge in [-0.2, -0.15) is 0 Å². The lowest BCUT2D eigenvalue weighted by molar-refractivity contribution is 0.0457. The normalized spacial score (nSPS) is 28.4. The summed E-state index contributed by atoms with van der Waals surface area (Å²) in [4.78, 5) is 4.38. The van der Waals surface area contributed by atoms with Crippen molar-refractivity contribution < 1.29 is 4.74 Å². The smallest absolute Gasteiger partial charge is 0.138 e. The number of ether oxygens (including phenoxy) is 1. The van der Waals surface area contributed by atoms with Gasteiger partial charge in [-0.25, -0.2) is 0 Å². The maximum Gasteiger partial charge on any atom is 0.138 e. The molecule has 1 aromatic heterocycles. The van der Waals surface area contributed by atoms with Crippen molar-refractivity contribution in [2.24, 2.45) is 23.5 Å². The van der Waals surface area contributed by atoms with Gasteiger partial charge in [0.15, 0.2) is 0 Å². The largest absolute Gasteiger partial charge is 0.489 e. The van der Waals surface area contributed by atoms with Crippen LogP contribution in [0.2, 0.25) is 0 Å². The fourth-order valence-corrected chi connectivity index (χ4v) is 3.16. The Morgan fingerprint density at radius 3 is 2.55 bits per heavy atom. The van der Waals surface area contributed by atoms with Crippen molar-refractivity contribution in [3.63, 3.8) is 0 Å². The Labute approximate surface area is 122 Å². The molecule has 0 radical (unpaired) electrons. The zero-order valence-corrected chi connectivity index (χ0v) is 13.2. The molecule has 0 aliphatic heterocycles. The zero-order chi connectivity index (χ0) is 14.7. The van der Waals surface area contributed by atoms with Crippen LogP contribution in [0.25, 0.3) is 0 Å². The highest BCUT2D eigenvalue weighted by atomic mass is 16.5. The van der Waals surface area contributed by atoms with Crippen LogP contribution in [-0.4, -0.2) is 11.1 Å². The number of rotatable bonds is 4. The minimum absolute atomic E-state index is 0.0258. The first kappa shape index (κ1) is 15.3. The lowest BCUT2D eigenvalue weighted by atomic mass is 9.75. The maximum atomic E-state index is 6.23. The van der Waals surface area contributed by atoms with E-state index >= 15 is 0 Å². The summed E-state index contributed by atoms with van der Waals surface area (Å²) in [6.07, 6.45) is 5.88. The molecule has 1 aromatic rings. The van der Waals surface area contributed by atoms with Crippen molar-refractivity contribution >= 4 is 0 Å². The lowest BCUT2D eigenvalue weighted by Gasteiger charge is -2.37. The zero-order valence-electron chi connectivity index (χ0n) is 13.2. The van der Waals surface area contributed by atoms with E-state index in [9.17, 15) is 0 Å². The summed E-state index contributed by atoms with van der Waals surface area (Å²) in [5.41, 5.74) is 6.74. The van der Waals surface area contributed by atoms with Crippen LogP contribution in [0.4, 0.5) is 0 Å². The van der Waals surface area contributed by atoms with E-state index in [4.69, 9.17) is 10.5 Å². The third-order valence-corrected chi connectivity index (χ3v) is 4.47. The van der Waals surface area contributed by atoms with Crippen LogP contribution < -0.4 is 10.5 Å². The maximum absolute atomic E-state index is 6.23. The third-order valence-electron chi connectivity index (χ3n) is 4.47. The topological polar surface area (TPSA) is 48.1 Å². The molecule has 1 heterocycles. The van der Waals surface area contributed by atoms with Crippen LogP contribution in [-0.2, 0) is 0 Å². The van der Waals surface area contributed by atoms with Gasteiger partial charge in [0.25, 0.3) is 0 Å². The fraction of sp³-hybridized carbons (Fsp3) is 0.706. The molecule has 112 valence electrons. The molecule has 0 spiro atoms. The van der Waals surface area contributed by atoms with Crippen molar-refractivity contribution in [3.8, 4) is 5.75 Å². The molecule has 2 N–H and O–H groups in total. The highest BCUT2D eigenvalue weighted by Gasteiger charge is 2.32. The molecule has 4 atom stereocenters. The summed E-state index contributed by atoms with van der Waals surface area (Å²) in [5, 5.41) is 0. The van der Waals surface area contributed by atoms with Crippen molar-refractivity contribution in [3.05, 3.63) is 24.0 Å². The van der Waals surface area contributed by atoms with Gasteiger partial charge in [0, 0.05) is 6.04 Å². The summed E-state index contributed by atoms with van der Waals surface area (Å²) in [6, 6.07) is 3.95. The van der Waals surface area contributed by atoms with Crippen molar-refractivity contribution in [1.82, 2.24) is 4.98 Å². The third kappa shape index (κ3) is 3.72. The van der Waals surface area contributed by atoms with Gasteiger partial charge >= 0.3 is 0 Å². The molecule has 3 nitrogen and oxygen atoms in total. The first-order valence-electron chi connectivity index (χ1n) is 7.85.